The fraction of sp³-hybridized carbons (Fsp3) is 0.280. The minimum Gasteiger partial charge on any atom is -0.460 e. The smallest absolute Gasteiger partial charge is 0.412 e. The Morgan fingerprint density at radius 3 is 1.89 bits per heavy atom. The fourth-order valence-electron chi connectivity index (χ4n) is 2.70. The van der Waals surface area contributed by atoms with Crippen molar-refractivity contribution in [1.29, 1.82) is 0 Å². The Balaban J connectivity index is 1.94. The van der Waals surface area contributed by atoms with E-state index in [1.807, 2.05) is 0 Å². The molecular formula is C25H28N2O8. The van der Waals surface area contributed by atoms with Crippen molar-refractivity contribution in [3.63, 3.8) is 0 Å². The quantitative estimate of drug-likeness (QED) is 0.298. The molecule has 0 unspecified atom stereocenters. The second-order valence-corrected chi connectivity index (χ2v) is 7.56. The third-order valence-electron chi connectivity index (χ3n) is 4.45. The van der Waals surface area contributed by atoms with Gasteiger partial charge in [-0.2, -0.15) is 0 Å². The molecule has 0 fully saturated rings. The molecule has 0 saturated heterocycles. The van der Waals surface area contributed by atoms with Gasteiger partial charge < -0.3 is 29.6 Å². The maximum absolute atomic E-state index is 12.2. The van der Waals surface area contributed by atoms with E-state index in [1.54, 1.807) is 37.3 Å². The summed E-state index contributed by atoms with van der Waals surface area (Å²) in [5, 5.41) is 6.29. The zero-order chi connectivity index (χ0) is 26.0. The summed E-state index contributed by atoms with van der Waals surface area (Å²) in [6, 6.07) is 8.41. The van der Waals surface area contributed by atoms with Gasteiger partial charge in [-0.3, -0.25) is 0 Å². The first-order valence-electron chi connectivity index (χ1n) is 10.7. The molecular weight excluding hydrogens is 456 g/mol. The van der Waals surface area contributed by atoms with E-state index in [0.717, 1.165) is 5.56 Å². The van der Waals surface area contributed by atoms with Crippen LogP contribution >= 0.6 is 0 Å². The molecule has 0 saturated carbocycles. The molecule has 0 aliphatic carbocycles. The molecule has 0 atom stereocenters. The van der Waals surface area contributed by atoms with E-state index >= 15 is 0 Å². The number of rotatable bonds is 10. The summed E-state index contributed by atoms with van der Waals surface area (Å²) < 4.78 is 20.5. The molecule has 0 spiro atoms. The van der Waals surface area contributed by atoms with Crippen molar-refractivity contribution in [2.45, 2.75) is 20.8 Å². The SMILES string of the molecule is C=C(C)C(=O)OCCNC(=O)Oc1ccc2c(OC(=O)NCCOC(=O)C(=C)C)c(C)ccc2c1. The molecule has 0 aromatic heterocycles. The minimum absolute atomic E-state index is 0.0170. The lowest BCUT2D eigenvalue weighted by Gasteiger charge is -2.13. The Kier molecular flexibility index (Phi) is 9.83. The van der Waals surface area contributed by atoms with Crippen molar-refractivity contribution in [1.82, 2.24) is 10.6 Å². The van der Waals surface area contributed by atoms with Crippen LogP contribution in [-0.2, 0) is 19.1 Å². The number of nitrogens with one attached hydrogen (secondary N) is 2. The lowest BCUT2D eigenvalue weighted by atomic mass is 10.1. The average Bonchev–Trinajstić information content (AvgIpc) is 2.80. The largest absolute Gasteiger partial charge is 0.460 e. The summed E-state index contributed by atoms with van der Waals surface area (Å²) >= 11 is 0. The van der Waals surface area contributed by atoms with Crippen LogP contribution < -0.4 is 20.1 Å². The van der Waals surface area contributed by atoms with Crippen molar-refractivity contribution < 1.29 is 38.1 Å². The molecule has 10 nitrogen and oxygen atoms in total. The lowest BCUT2D eigenvalue weighted by molar-refractivity contribution is -0.139. The van der Waals surface area contributed by atoms with E-state index in [1.165, 1.54) is 13.8 Å². The van der Waals surface area contributed by atoms with Crippen LogP contribution in [-0.4, -0.2) is 50.4 Å². The molecule has 186 valence electrons. The highest BCUT2D eigenvalue weighted by atomic mass is 16.6. The molecule has 10 heteroatoms. The summed E-state index contributed by atoms with van der Waals surface area (Å²) in [7, 11) is 0. The van der Waals surface area contributed by atoms with Gasteiger partial charge in [-0.1, -0.05) is 25.3 Å². The molecule has 2 aromatic rings. The van der Waals surface area contributed by atoms with Gasteiger partial charge in [0.15, 0.2) is 0 Å². The number of esters is 2. The van der Waals surface area contributed by atoms with Gasteiger partial charge in [-0.25, -0.2) is 19.2 Å². The van der Waals surface area contributed by atoms with Gasteiger partial charge in [0, 0.05) is 16.5 Å². The van der Waals surface area contributed by atoms with Gasteiger partial charge in [-0.05, 0) is 49.9 Å². The Hall–Kier alpha value is -4.34. The Labute approximate surface area is 202 Å². The molecule has 2 rings (SSSR count). The molecule has 0 aliphatic heterocycles. The highest BCUT2D eigenvalue weighted by molar-refractivity contribution is 5.93. The summed E-state index contributed by atoms with van der Waals surface area (Å²) in [6.45, 7) is 11.9. The maximum atomic E-state index is 12.2. The number of hydrogen-bond donors (Lipinski definition) is 2. The Morgan fingerprint density at radius 2 is 1.34 bits per heavy atom. The Bertz CT molecular complexity index is 1160. The van der Waals surface area contributed by atoms with E-state index in [4.69, 9.17) is 18.9 Å². The summed E-state index contributed by atoms with van der Waals surface area (Å²) in [6.07, 6.45) is -1.43. The molecule has 0 radical (unpaired) electrons. The zero-order valence-electron chi connectivity index (χ0n) is 19.9. The molecule has 2 amide bonds. The number of carbonyl (C=O) groups excluding carboxylic acids is 4. The molecule has 0 aliphatic rings. The van der Waals surface area contributed by atoms with Crippen LogP contribution in [0.3, 0.4) is 0 Å². The summed E-state index contributed by atoms with van der Waals surface area (Å²) in [5.74, 6) is -0.465. The number of ether oxygens (including phenoxy) is 4. The van der Waals surface area contributed by atoms with Gasteiger partial charge in [-0.15, -0.1) is 0 Å². The first-order valence-corrected chi connectivity index (χ1v) is 10.7. The van der Waals surface area contributed by atoms with Gasteiger partial charge in [0.1, 0.15) is 24.7 Å². The van der Waals surface area contributed by atoms with Crippen molar-refractivity contribution in [2.75, 3.05) is 26.3 Å². The van der Waals surface area contributed by atoms with E-state index < -0.39 is 24.1 Å². The first-order chi connectivity index (χ1) is 16.6. The van der Waals surface area contributed by atoms with Gasteiger partial charge in [0.25, 0.3) is 0 Å². The Morgan fingerprint density at radius 1 is 0.800 bits per heavy atom. The highest BCUT2D eigenvalue weighted by Crippen LogP contribution is 2.32. The standard InChI is InChI=1S/C25H28N2O8/c1-15(2)22(28)32-12-10-26-24(30)34-19-8-9-20-18(14-19)7-6-17(5)21(20)35-25(31)27-11-13-33-23(29)16(3)4/h6-9,14H,1,3,10-13H2,2,4-5H3,(H,26,30)(H,27,31). The first kappa shape index (κ1) is 26.9. The number of aryl methyl sites for hydroxylation is 1. The maximum Gasteiger partial charge on any atom is 0.412 e. The minimum atomic E-state index is -0.717. The van der Waals surface area contributed by atoms with E-state index in [-0.39, 0.29) is 43.2 Å². The van der Waals surface area contributed by atoms with Crippen molar-refractivity contribution in [2.24, 2.45) is 0 Å². The van der Waals surface area contributed by atoms with Crippen molar-refractivity contribution in [3.05, 3.63) is 60.2 Å². The predicted octanol–water partition coefficient (Wildman–Crippen LogP) is 3.56. The van der Waals surface area contributed by atoms with Crippen LogP contribution in [0, 0.1) is 6.92 Å². The van der Waals surface area contributed by atoms with Crippen LogP contribution in [0.1, 0.15) is 19.4 Å². The number of fused-ring (bicyclic) bond motifs is 1. The second-order valence-electron chi connectivity index (χ2n) is 7.56. The monoisotopic (exact) mass is 484 g/mol. The normalized spacial score (nSPS) is 10.1. The van der Waals surface area contributed by atoms with Crippen LogP contribution in [0.25, 0.3) is 10.8 Å². The third kappa shape index (κ3) is 8.50. The van der Waals surface area contributed by atoms with Crippen LogP contribution in [0.4, 0.5) is 9.59 Å². The van der Waals surface area contributed by atoms with Crippen molar-refractivity contribution >= 4 is 34.9 Å². The van der Waals surface area contributed by atoms with Crippen LogP contribution in [0.5, 0.6) is 11.5 Å². The van der Waals surface area contributed by atoms with E-state index in [0.29, 0.717) is 16.5 Å². The topological polar surface area (TPSA) is 129 Å². The van der Waals surface area contributed by atoms with Crippen LogP contribution in [0.15, 0.2) is 54.6 Å². The average molecular weight is 485 g/mol. The van der Waals surface area contributed by atoms with E-state index in [9.17, 15) is 19.2 Å². The van der Waals surface area contributed by atoms with Gasteiger partial charge >= 0.3 is 24.1 Å². The molecule has 0 bridgehead atoms. The molecule has 2 aromatic carbocycles. The number of carbonyl (C=O) groups is 4. The number of benzene rings is 2. The van der Waals surface area contributed by atoms with Crippen LogP contribution in [0.2, 0.25) is 0 Å². The fourth-order valence-corrected chi connectivity index (χ4v) is 2.70. The second kappa shape index (κ2) is 12.8. The lowest BCUT2D eigenvalue weighted by Crippen LogP contribution is -2.31. The highest BCUT2D eigenvalue weighted by Gasteiger charge is 2.13. The van der Waals surface area contributed by atoms with Gasteiger partial charge in [0.2, 0.25) is 0 Å². The van der Waals surface area contributed by atoms with Crippen molar-refractivity contribution in [3.8, 4) is 11.5 Å². The summed E-state index contributed by atoms with van der Waals surface area (Å²) in [5.41, 5.74) is 1.25. The molecule has 0 heterocycles. The molecule has 35 heavy (non-hydrogen) atoms. The van der Waals surface area contributed by atoms with E-state index in [2.05, 4.69) is 23.8 Å². The summed E-state index contributed by atoms with van der Waals surface area (Å²) in [4.78, 5) is 46.9. The zero-order valence-corrected chi connectivity index (χ0v) is 19.9. The predicted molar refractivity (Wildman–Crippen MR) is 128 cm³/mol. The third-order valence-corrected chi connectivity index (χ3v) is 4.45. The molecule has 2 N–H and O–H groups in total. The van der Waals surface area contributed by atoms with Gasteiger partial charge in [0.05, 0.1) is 13.1 Å². The number of amides is 2. The number of hydrogen-bond acceptors (Lipinski definition) is 8.